The van der Waals surface area contributed by atoms with E-state index in [1.807, 2.05) is 13.1 Å². The van der Waals surface area contributed by atoms with Crippen molar-refractivity contribution >= 4 is 12.0 Å². The van der Waals surface area contributed by atoms with Crippen molar-refractivity contribution in [3.05, 3.63) is 47.8 Å². The molecular weight excluding hydrogens is 371 g/mol. The van der Waals surface area contributed by atoms with Crippen molar-refractivity contribution in [1.82, 2.24) is 34.3 Å². The molecule has 0 bridgehead atoms. The second-order valence-corrected chi connectivity index (χ2v) is 6.99. The highest BCUT2D eigenvalue weighted by Crippen LogP contribution is 2.33. The molecule has 0 N–H and O–H groups in total. The molecule has 148 valence electrons. The molecule has 4 rings (SSSR count). The zero-order valence-corrected chi connectivity index (χ0v) is 15.4. The van der Waals surface area contributed by atoms with Crippen molar-refractivity contribution in [2.24, 2.45) is 0 Å². The van der Waals surface area contributed by atoms with Gasteiger partial charge in [0, 0.05) is 36.5 Å². The third kappa shape index (κ3) is 3.39. The van der Waals surface area contributed by atoms with Crippen molar-refractivity contribution in [3.8, 4) is 0 Å². The van der Waals surface area contributed by atoms with Gasteiger partial charge in [-0.15, -0.1) is 0 Å². The van der Waals surface area contributed by atoms with E-state index in [-0.39, 0.29) is 11.7 Å². The molecule has 1 atom stereocenters. The second-order valence-electron chi connectivity index (χ2n) is 6.99. The van der Waals surface area contributed by atoms with Crippen molar-refractivity contribution in [2.75, 3.05) is 13.1 Å². The van der Waals surface area contributed by atoms with Crippen LogP contribution in [-0.4, -0.2) is 47.4 Å². The first-order chi connectivity index (χ1) is 13.4. The van der Waals surface area contributed by atoms with Gasteiger partial charge in [0.05, 0.1) is 11.9 Å². The third-order valence-electron chi connectivity index (χ3n) is 5.20. The summed E-state index contributed by atoms with van der Waals surface area (Å²) in [6, 6.07) is 1.11. The molecule has 0 aromatic carbocycles. The van der Waals surface area contributed by atoms with Gasteiger partial charge in [0.15, 0.2) is 5.69 Å². The Morgan fingerprint density at radius 2 is 2.14 bits per heavy atom. The van der Waals surface area contributed by atoms with Crippen LogP contribution >= 0.6 is 0 Å². The molecule has 1 aliphatic heterocycles. The third-order valence-corrected chi connectivity index (χ3v) is 5.20. The quantitative estimate of drug-likeness (QED) is 0.684. The minimum Gasteiger partial charge on any atom is -0.298 e. The Balaban J connectivity index is 1.59. The molecule has 1 unspecified atom stereocenters. The van der Waals surface area contributed by atoms with Crippen molar-refractivity contribution in [2.45, 2.75) is 38.4 Å². The van der Waals surface area contributed by atoms with Gasteiger partial charge in [-0.25, -0.2) is 9.67 Å². The van der Waals surface area contributed by atoms with Crippen LogP contribution in [0.3, 0.4) is 0 Å². The van der Waals surface area contributed by atoms with Gasteiger partial charge in [0.25, 0.3) is 5.78 Å². The number of likely N-dealkylation sites (tertiary alicyclic amines) is 1. The molecule has 28 heavy (non-hydrogen) atoms. The Hall–Kier alpha value is -2.75. The summed E-state index contributed by atoms with van der Waals surface area (Å²) in [6.07, 6.45) is 1.70. The Bertz CT molecular complexity index is 1000. The lowest BCUT2D eigenvalue weighted by Crippen LogP contribution is -2.34. The lowest BCUT2D eigenvalue weighted by atomic mass is 9.93. The summed E-state index contributed by atoms with van der Waals surface area (Å²) in [6.45, 7) is 7.91. The van der Waals surface area contributed by atoms with Gasteiger partial charge in [0.2, 0.25) is 0 Å². The van der Waals surface area contributed by atoms with Crippen LogP contribution in [0.2, 0.25) is 0 Å². The van der Waals surface area contributed by atoms with Gasteiger partial charge in [-0.1, -0.05) is 6.58 Å². The Labute approximate surface area is 159 Å². The van der Waals surface area contributed by atoms with E-state index < -0.39 is 11.9 Å². The number of fused-ring (bicyclic) bond motifs is 1. The van der Waals surface area contributed by atoms with E-state index >= 15 is 0 Å². The van der Waals surface area contributed by atoms with Gasteiger partial charge >= 0.3 is 6.18 Å². The Kier molecular flexibility index (Phi) is 4.66. The molecule has 0 aliphatic carbocycles. The molecular formula is C18H20F3N7. The normalized spacial score (nSPS) is 18.6. The number of alkyl halides is 3. The SMILES string of the molecule is C=Cn1ncc(CN2CCCC(c3cc(C(F)(F)F)n4ncnc4n3)C2)c1C. The fourth-order valence-electron chi connectivity index (χ4n) is 3.72. The van der Waals surface area contributed by atoms with E-state index in [1.165, 1.54) is 0 Å². The summed E-state index contributed by atoms with van der Waals surface area (Å²) in [5, 5.41) is 7.92. The molecule has 4 heterocycles. The monoisotopic (exact) mass is 391 g/mol. The minimum atomic E-state index is -4.52. The summed E-state index contributed by atoms with van der Waals surface area (Å²) in [5.74, 6) is -0.114. The number of rotatable bonds is 4. The van der Waals surface area contributed by atoms with Crippen LogP contribution in [0, 0.1) is 6.92 Å². The molecule has 1 saturated heterocycles. The summed E-state index contributed by atoms with van der Waals surface area (Å²) in [7, 11) is 0. The summed E-state index contributed by atoms with van der Waals surface area (Å²) in [5.41, 5.74) is 1.66. The molecule has 0 amide bonds. The van der Waals surface area contributed by atoms with Gasteiger partial charge in [-0.3, -0.25) is 4.90 Å². The number of halogens is 3. The minimum absolute atomic E-state index is 0.0231. The number of aromatic nitrogens is 6. The highest BCUT2D eigenvalue weighted by molar-refractivity contribution is 5.33. The second kappa shape index (κ2) is 7.01. The predicted molar refractivity (Wildman–Crippen MR) is 96.4 cm³/mol. The van der Waals surface area contributed by atoms with E-state index in [1.54, 1.807) is 10.9 Å². The first-order valence-electron chi connectivity index (χ1n) is 9.02. The van der Waals surface area contributed by atoms with Crippen molar-refractivity contribution < 1.29 is 13.2 Å². The Morgan fingerprint density at radius 3 is 2.86 bits per heavy atom. The first kappa shape index (κ1) is 18.6. The van der Waals surface area contributed by atoms with Crippen molar-refractivity contribution in [3.63, 3.8) is 0 Å². The van der Waals surface area contributed by atoms with Crippen LogP contribution in [0.1, 0.15) is 41.4 Å². The van der Waals surface area contributed by atoms with E-state index in [0.29, 0.717) is 18.8 Å². The molecule has 10 heteroatoms. The maximum Gasteiger partial charge on any atom is 0.433 e. The van der Waals surface area contributed by atoms with Crippen LogP contribution in [-0.2, 0) is 12.7 Å². The molecule has 3 aromatic heterocycles. The molecule has 3 aromatic rings. The van der Waals surface area contributed by atoms with E-state index in [4.69, 9.17) is 0 Å². The molecule has 0 radical (unpaired) electrons. The van der Waals surface area contributed by atoms with E-state index in [9.17, 15) is 13.2 Å². The van der Waals surface area contributed by atoms with E-state index in [2.05, 4.69) is 31.6 Å². The maximum absolute atomic E-state index is 13.4. The maximum atomic E-state index is 13.4. The summed E-state index contributed by atoms with van der Waals surface area (Å²) in [4.78, 5) is 10.4. The molecule has 1 aliphatic rings. The van der Waals surface area contributed by atoms with Gasteiger partial charge in [-0.2, -0.15) is 32.9 Å². The number of hydrogen-bond donors (Lipinski definition) is 0. The number of nitrogens with zero attached hydrogens (tertiary/aromatic N) is 7. The van der Waals surface area contributed by atoms with E-state index in [0.717, 1.165) is 47.6 Å². The highest BCUT2D eigenvalue weighted by atomic mass is 19.4. The topological polar surface area (TPSA) is 64.1 Å². The average Bonchev–Trinajstić information content (AvgIpc) is 3.27. The van der Waals surface area contributed by atoms with Gasteiger partial charge < -0.3 is 0 Å². The first-order valence-corrected chi connectivity index (χ1v) is 9.02. The highest BCUT2D eigenvalue weighted by Gasteiger charge is 2.36. The summed E-state index contributed by atoms with van der Waals surface area (Å²) < 4.78 is 42.8. The molecule has 1 fully saturated rings. The fourth-order valence-corrected chi connectivity index (χ4v) is 3.72. The van der Waals surface area contributed by atoms with Crippen LogP contribution in [0.25, 0.3) is 12.0 Å². The lowest BCUT2D eigenvalue weighted by Gasteiger charge is -2.32. The zero-order chi connectivity index (χ0) is 19.9. The fraction of sp³-hybridized carbons (Fsp3) is 0.444. The predicted octanol–water partition coefficient (Wildman–Crippen LogP) is 3.13. The van der Waals surface area contributed by atoms with Crippen LogP contribution in [0.4, 0.5) is 13.2 Å². The van der Waals surface area contributed by atoms with Gasteiger partial charge in [0.1, 0.15) is 6.33 Å². The van der Waals surface area contributed by atoms with Crippen LogP contribution < -0.4 is 0 Å². The Morgan fingerprint density at radius 1 is 1.32 bits per heavy atom. The molecule has 7 nitrogen and oxygen atoms in total. The van der Waals surface area contributed by atoms with Gasteiger partial charge in [-0.05, 0) is 32.4 Å². The number of piperidine rings is 1. The van der Waals surface area contributed by atoms with Crippen molar-refractivity contribution in [1.29, 1.82) is 0 Å². The number of hydrogen-bond acceptors (Lipinski definition) is 5. The average molecular weight is 391 g/mol. The van der Waals surface area contributed by atoms with Crippen LogP contribution in [0.15, 0.2) is 25.2 Å². The molecule has 0 spiro atoms. The lowest BCUT2D eigenvalue weighted by molar-refractivity contribution is -0.142. The summed E-state index contributed by atoms with van der Waals surface area (Å²) >= 11 is 0. The van der Waals surface area contributed by atoms with Crippen LogP contribution in [0.5, 0.6) is 0 Å². The standard InChI is InChI=1S/C18H20F3N7/c1-3-27-12(2)14(8-23-27)10-26-6-4-5-13(9-26)15-7-16(18(19,20)21)28-17(25-15)22-11-24-28/h3,7-8,11,13H,1,4-6,9-10H2,2H3. The smallest absolute Gasteiger partial charge is 0.298 e. The molecule has 0 saturated carbocycles. The largest absolute Gasteiger partial charge is 0.433 e. The zero-order valence-electron chi connectivity index (χ0n) is 15.4.